The molecule has 1 aliphatic rings. The number of nitrogens with two attached hydrogens (primary N) is 1. The van der Waals surface area contributed by atoms with Gasteiger partial charge in [-0.2, -0.15) is 0 Å². The van der Waals surface area contributed by atoms with Crippen molar-refractivity contribution in [1.82, 2.24) is 4.98 Å². The van der Waals surface area contributed by atoms with Crippen LogP contribution in [0.15, 0.2) is 18.2 Å². The Balaban J connectivity index is 1.73. The van der Waals surface area contributed by atoms with Gasteiger partial charge in [0.1, 0.15) is 0 Å². The number of ether oxygens (including phenoxy) is 1. The molecule has 3 heteroatoms. The zero-order valence-corrected chi connectivity index (χ0v) is 10.4. The third-order valence-corrected chi connectivity index (χ3v) is 3.40. The number of rotatable bonds is 5. The second-order valence-corrected chi connectivity index (χ2v) is 4.84. The molecule has 2 rings (SSSR count). The highest BCUT2D eigenvalue weighted by atomic mass is 16.5. The molecule has 0 bridgehead atoms. The zero-order valence-electron chi connectivity index (χ0n) is 10.4. The molecule has 0 atom stereocenters. The number of pyridine rings is 1. The lowest BCUT2D eigenvalue weighted by Crippen LogP contribution is -2.13. The minimum Gasteiger partial charge on any atom is -0.375 e. The minimum atomic E-state index is 0.496. The Bertz CT molecular complexity index is 335. The van der Waals surface area contributed by atoms with Gasteiger partial charge in [0.15, 0.2) is 0 Å². The smallest absolute Gasteiger partial charge is 0.0888 e. The van der Waals surface area contributed by atoms with Crippen molar-refractivity contribution in [3.05, 3.63) is 29.6 Å². The summed E-state index contributed by atoms with van der Waals surface area (Å²) in [5, 5.41) is 0. The summed E-state index contributed by atoms with van der Waals surface area (Å²) in [5.74, 6) is 0.765. The van der Waals surface area contributed by atoms with Crippen LogP contribution in [0.1, 0.15) is 43.5 Å². The van der Waals surface area contributed by atoms with Crippen molar-refractivity contribution in [1.29, 1.82) is 0 Å². The summed E-state index contributed by atoms with van der Waals surface area (Å²) in [6, 6.07) is 5.94. The molecule has 1 aromatic rings. The summed E-state index contributed by atoms with van der Waals surface area (Å²) in [5.41, 5.74) is 7.48. The molecular weight excluding hydrogens is 212 g/mol. The van der Waals surface area contributed by atoms with Crippen LogP contribution in [0.3, 0.4) is 0 Å². The van der Waals surface area contributed by atoms with Crippen LogP contribution < -0.4 is 5.73 Å². The van der Waals surface area contributed by atoms with Crippen LogP contribution in [0.4, 0.5) is 0 Å². The van der Waals surface area contributed by atoms with E-state index in [9.17, 15) is 0 Å². The molecule has 2 N–H and O–H groups in total. The van der Waals surface area contributed by atoms with Gasteiger partial charge < -0.3 is 10.5 Å². The molecule has 0 aromatic carbocycles. The lowest BCUT2D eigenvalue weighted by Gasteiger charge is -2.21. The highest BCUT2D eigenvalue weighted by molar-refractivity contribution is 5.10. The van der Waals surface area contributed by atoms with Crippen LogP contribution in [0, 0.1) is 5.92 Å². The van der Waals surface area contributed by atoms with Crippen LogP contribution in [0.5, 0.6) is 0 Å². The number of nitrogens with zero attached hydrogens (tertiary/aromatic N) is 1. The molecule has 0 amide bonds. The van der Waals surface area contributed by atoms with Crippen molar-refractivity contribution in [3.8, 4) is 0 Å². The monoisotopic (exact) mass is 234 g/mol. The van der Waals surface area contributed by atoms with Crippen LogP contribution in [-0.4, -0.2) is 11.6 Å². The molecular formula is C14H22N2O. The maximum absolute atomic E-state index is 5.76. The van der Waals surface area contributed by atoms with Gasteiger partial charge in [-0.25, -0.2) is 0 Å². The Morgan fingerprint density at radius 2 is 1.94 bits per heavy atom. The van der Waals surface area contributed by atoms with Gasteiger partial charge in [0, 0.05) is 13.2 Å². The van der Waals surface area contributed by atoms with E-state index >= 15 is 0 Å². The van der Waals surface area contributed by atoms with Crippen molar-refractivity contribution in [2.75, 3.05) is 6.61 Å². The molecule has 17 heavy (non-hydrogen) atoms. The maximum Gasteiger partial charge on any atom is 0.0888 e. The highest BCUT2D eigenvalue weighted by Gasteiger charge is 2.13. The molecule has 0 unspecified atom stereocenters. The van der Waals surface area contributed by atoms with Gasteiger partial charge >= 0.3 is 0 Å². The Kier molecular flexibility index (Phi) is 4.95. The van der Waals surface area contributed by atoms with Crippen molar-refractivity contribution < 1.29 is 4.74 Å². The molecule has 1 saturated carbocycles. The number of hydrogen-bond donors (Lipinski definition) is 1. The van der Waals surface area contributed by atoms with Crippen molar-refractivity contribution >= 4 is 0 Å². The topological polar surface area (TPSA) is 48.1 Å². The first kappa shape index (κ1) is 12.5. The first-order valence-electron chi connectivity index (χ1n) is 6.61. The summed E-state index contributed by atoms with van der Waals surface area (Å²) >= 11 is 0. The third kappa shape index (κ3) is 4.10. The third-order valence-electron chi connectivity index (χ3n) is 3.40. The van der Waals surface area contributed by atoms with E-state index in [0.29, 0.717) is 13.2 Å². The van der Waals surface area contributed by atoms with Gasteiger partial charge in [-0.1, -0.05) is 25.3 Å². The van der Waals surface area contributed by atoms with Gasteiger partial charge in [0.25, 0.3) is 0 Å². The molecule has 0 saturated heterocycles. The average Bonchev–Trinajstić information content (AvgIpc) is 2.40. The first-order valence-corrected chi connectivity index (χ1v) is 6.61. The quantitative estimate of drug-likeness (QED) is 0.852. The molecule has 0 aliphatic heterocycles. The van der Waals surface area contributed by atoms with Crippen LogP contribution in [0.2, 0.25) is 0 Å². The fraction of sp³-hybridized carbons (Fsp3) is 0.643. The average molecular weight is 234 g/mol. The Morgan fingerprint density at radius 3 is 2.71 bits per heavy atom. The number of aromatic nitrogens is 1. The Labute approximate surface area is 103 Å². The standard InChI is InChI=1S/C14H22N2O/c15-9-13-7-4-8-14(16-13)11-17-10-12-5-2-1-3-6-12/h4,7-8,12H,1-3,5-6,9-11,15H2. The molecule has 1 heterocycles. The van der Waals surface area contributed by atoms with Crippen LogP contribution in [0.25, 0.3) is 0 Å². The van der Waals surface area contributed by atoms with E-state index in [4.69, 9.17) is 10.5 Å². The van der Waals surface area contributed by atoms with E-state index in [1.165, 1.54) is 32.1 Å². The second kappa shape index (κ2) is 6.72. The van der Waals surface area contributed by atoms with Gasteiger partial charge in [0.2, 0.25) is 0 Å². The van der Waals surface area contributed by atoms with E-state index in [1.54, 1.807) is 0 Å². The fourth-order valence-electron chi connectivity index (χ4n) is 2.41. The second-order valence-electron chi connectivity index (χ2n) is 4.84. The summed E-state index contributed by atoms with van der Waals surface area (Å²) in [6.07, 6.45) is 6.80. The summed E-state index contributed by atoms with van der Waals surface area (Å²) in [4.78, 5) is 4.42. The molecule has 0 spiro atoms. The first-order chi connectivity index (χ1) is 8.38. The lowest BCUT2D eigenvalue weighted by molar-refractivity contribution is 0.0719. The molecule has 94 valence electrons. The van der Waals surface area contributed by atoms with E-state index in [2.05, 4.69) is 4.98 Å². The molecule has 1 fully saturated rings. The fourth-order valence-corrected chi connectivity index (χ4v) is 2.41. The zero-order chi connectivity index (χ0) is 11.9. The van der Waals surface area contributed by atoms with Gasteiger partial charge in [-0.3, -0.25) is 4.98 Å². The lowest BCUT2D eigenvalue weighted by atomic mass is 9.90. The predicted molar refractivity (Wildman–Crippen MR) is 68.4 cm³/mol. The Hall–Kier alpha value is -0.930. The van der Waals surface area contributed by atoms with E-state index in [0.717, 1.165) is 23.9 Å². The highest BCUT2D eigenvalue weighted by Crippen LogP contribution is 2.23. The molecule has 1 aliphatic carbocycles. The Morgan fingerprint density at radius 1 is 1.18 bits per heavy atom. The van der Waals surface area contributed by atoms with E-state index in [1.807, 2.05) is 18.2 Å². The normalized spacial score (nSPS) is 17.2. The van der Waals surface area contributed by atoms with Crippen LogP contribution in [-0.2, 0) is 17.9 Å². The van der Waals surface area contributed by atoms with Gasteiger partial charge in [-0.05, 0) is 30.9 Å². The minimum absolute atomic E-state index is 0.496. The molecule has 0 radical (unpaired) electrons. The summed E-state index contributed by atoms with van der Waals surface area (Å²) in [6.45, 7) is 2.00. The molecule has 1 aromatic heterocycles. The van der Waals surface area contributed by atoms with Crippen molar-refractivity contribution in [2.45, 2.75) is 45.3 Å². The SMILES string of the molecule is NCc1cccc(COCC2CCCCC2)n1. The van der Waals surface area contributed by atoms with Gasteiger partial charge in [0.05, 0.1) is 18.0 Å². The van der Waals surface area contributed by atoms with Gasteiger partial charge in [-0.15, -0.1) is 0 Å². The van der Waals surface area contributed by atoms with E-state index < -0.39 is 0 Å². The van der Waals surface area contributed by atoms with E-state index in [-0.39, 0.29) is 0 Å². The predicted octanol–water partition coefficient (Wildman–Crippen LogP) is 2.64. The maximum atomic E-state index is 5.76. The summed E-state index contributed by atoms with van der Waals surface area (Å²) in [7, 11) is 0. The number of hydrogen-bond acceptors (Lipinski definition) is 3. The molecule has 3 nitrogen and oxygen atoms in total. The largest absolute Gasteiger partial charge is 0.375 e. The van der Waals surface area contributed by atoms with Crippen molar-refractivity contribution in [2.24, 2.45) is 11.7 Å². The summed E-state index contributed by atoms with van der Waals surface area (Å²) < 4.78 is 5.76. The van der Waals surface area contributed by atoms with Crippen LogP contribution >= 0.6 is 0 Å². The van der Waals surface area contributed by atoms with Crippen molar-refractivity contribution in [3.63, 3.8) is 0 Å².